The molecule has 0 bridgehead atoms. The van der Waals surface area contributed by atoms with Gasteiger partial charge < -0.3 is 10.2 Å². The maximum absolute atomic E-state index is 6.41. The van der Waals surface area contributed by atoms with Crippen LogP contribution in [0.2, 0.25) is 10.0 Å². The predicted octanol–water partition coefficient (Wildman–Crippen LogP) is 3.49. The number of aromatic nitrogens is 1. The number of halogens is 2. The molecule has 2 fully saturated rings. The quantitative estimate of drug-likeness (QED) is 0.920. The monoisotopic (exact) mass is 328 g/mol. The highest BCUT2D eigenvalue weighted by Crippen LogP contribution is 2.35. The topological polar surface area (TPSA) is 31.4 Å². The number of piperazine rings is 1. The molecule has 6 heteroatoms. The van der Waals surface area contributed by atoms with Crippen LogP contribution in [0.3, 0.4) is 0 Å². The lowest BCUT2D eigenvalue weighted by atomic mass is 10.1. The minimum Gasteiger partial charge on any atom is -0.369 e. The normalized spacial score (nSPS) is 26.0. The van der Waals surface area contributed by atoms with Crippen molar-refractivity contribution in [1.29, 1.82) is 0 Å². The van der Waals surface area contributed by atoms with Crippen molar-refractivity contribution in [1.82, 2.24) is 9.88 Å². The zero-order valence-corrected chi connectivity index (χ0v) is 14.1. The number of hydrogen-bond donors (Lipinski definition) is 1. The fourth-order valence-corrected chi connectivity index (χ4v) is 3.97. The van der Waals surface area contributed by atoms with Crippen molar-refractivity contribution < 1.29 is 0 Å². The first kappa shape index (κ1) is 15.2. The molecule has 116 valence electrons. The highest BCUT2D eigenvalue weighted by atomic mass is 35.5. The molecule has 0 amide bonds. The molecule has 4 nitrogen and oxygen atoms in total. The summed E-state index contributed by atoms with van der Waals surface area (Å²) in [4.78, 5) is 9.61. The average molecular weight is 329 g/mol. The number of anilines is 2. The fourth-order valence-electron chi connectivity index (χ4n) is 3.43. The van der Waals surface area contributed by atoms with Crippen LogP contribution in [0.15, 0.2) is 6.07 Å². The smallest absolute Gasteiger partial charge is 0.150 e. The van der Waals surface area contributed by atoms with E-state index >= 15 is 0 Å². The first-order chi connectivity index (χ1) is 10.1. The Labute approximate surface area is 136 Å². The summed E-state index contributed by atoms with van der Waals surface area (Å²) in [7, 11) is 0. The molecule has 2 aliphatic rings. The number of nitrogens with zero attached hydrogens (tertiary/aromatic N) is 3. The van der Waals surface area contributed by atoms with Gasteiger partial charge in [0, 0.05) is 31.7 Å². The Hall–Kier alpha value is -0.710. The molecule has 21 heavy (non-hydrogen) atoms. The van der Waals surface area contributed by atoms with Gasteiger partial charge in [-0.25, -0.2) is 4.98 Å². The molecule has 0 spiro atoms. The van der Waals surface area contributed by atoms with E-state index in [0.717, 1.165) is 31.3 Å². The minimum atomic E-state index is 0.417. The van der Waals surface area contributed by atoms with Crippen LogP contribution in [0.25, 0.3) is 0 Å². The third-order valence-corrected chi connectivity index (χ3v) is 5.03. The second-order valence-corrected chi connectivity index (χ2v) is 6.76. The van der Waals surface area contributed by atoms with Crippen molar-refractivity contribution in [3.8, 4) is 0 Å². The average Bonchev–Trinajstić information content (AvgIpc) is 2.88. The van der Waals surface area contributed by atoms with Crippen LogP contribution in [0.1, 0.15) is 26.7 Å². The summed E-state index contributed by atoms with van der Waals surface area (Å²) in [5.74, 6) is 1.58. The number of hydrogen-bond acceptors (Lipinski definition) is 4. The molecule has 3 rings (SSSR count). The van der Waals surface area contributed by atoms with Crippen LogP contribution < -0.4 is 10.2 Å². The molecule has 2 atom stereocenters. The summed E-state index contributed by atoms with van der Waals surface area (Å²) in [6.07, 6.45) is 2.57. The molecule has 2 aliphatic heterocycles. The summed E-state index contributed by atoms with van der Waals surface area (Å²) < 4.78 is 0. The van der Waals surface area contributed by atoms with Crippen LogP contribution in [-0.4, -0.2) is 48.1 Å². The number of pyridine rings is 1. The first-order valence-electron chi connectivity index (χ1n) is 7.70. The van der Waals surface area contributed by atoms with E-state index in [1.165, 1.54) is 19.4 Å². The molecule has 0 aliphatic carbocycles. The number of fused-ring (bicyclic) bond motifs is 1. The highest BCUT2D eigenvalue weighted by Gasteiger charge is 2.35. The van der Waals surface area contributed by atoms with Gasteiger partial charge in [0.25, 0.3) is 0 Å². The Bertz CT molecular complexity index is 523. The molecule has 3 heterocycles. The van der Waals surface area contributed by atoms with Gasteiger partial charge in [0.15, 0.2) is 0 Å². The Morgan fingerprint density at radius 3 is 2.90 bits per heavy atom. The molecule has 2 unspecified atom stereocenters. The van der Waals surface area contributed by atoms with Crippen LogP contribution in [0.4, 0.5) is 11.6 Å². The van der Waals surface area contributed by atoms with Crippen molar-refractivity contribution in [2.75, 3.05) is 36.4 Å². The lowest BCUT2D eigenvalue weighted by Crippen LogP contribution is -2.55. The third-order valence-electron chi connectivity index (χ3n) is 4.46. The molecule has 0 aromatic carbocycles. The fraction of sp³-hybridized carbons (Fsp3) is 0.667. The Kier molecular flexibility index (Phi) is 4.48. The standard InChI is InChI=1S/C15H22Cl2N4/c1-3-18-14-12(16)7-13(17)15(19-14)21-9-11-5-4-6-20(11)8-10(21)2/h7,10-11H,3-6,8-9H2,1-2H3,(H,18,19). The number of rotatable bonds is 3. The summed E-state index contributed by atoms with van der Waals surface area (Å²) >= 11 is 12.6. The SMILES string of the molecule is CCNc1nc(N2CC3CCCN3CC2C)c(Cl)cc1Cl. The van der Waals surface area contributed by atoms with Crippen LogP contribution >= 0.6 is 23.2 Å². The van der Waals surface area contributed by atoms with E-state index in [0.29, 0.717) is 22.1 Å². The second kappa shape index (κ2) is 6.19. The molecule has 1 N–H and O–H groups in total. The van der Waals surface area contributed by atoms with Gasteiger partial charge in [-0.15, -0.1) is 0 Å². The zero-order valence-electron chi connectivity index (χ0n) is 12.6. The summed E-state index contributed by atoms with van der Waals surface area (Å²) in [6.45, 7) is 8.39. The number of nitrogens with one attached hydrogen (secondary N) is 1. The van der Waals surface area contributed by atoms with Gasteiger partial charge in [0.1, 0.15) is 11.6 Å². The van der Waals surface area contributed by atoms with Crippen molar-refractivity contribution in [3.63, 3.8) is 0 Å². The van der Waals surface area contributed by atoms with Gasteiger partial charge in [0.2, 0.25) is 0 Å². The molecule has 2 saturated heterocycles. The van der Waals surface area contributed by atoms with E-state index in [1.54, 1.807) is 6.07 Å². The highest BCUT2D eigenvalue weighted by molar-refractivity contribution is 6.37. The maximum Gasteiger partial charge on any atom is 0.150 e. The molecule has 1 aromatic rings. The van der Waals surface area contributed by atoms with Crippen molar-refractivity contribution in [2.24, 2.45) is 0 Å². The van der Waals surface area contributed by atoms with Crippen LogP contribution in [-0.2, 0) is 0 Å². The van der Waals surface area contributed by atoms with E-state index < -0.39 is 0 Å². The van der Waals surface area contributed by atoms with Gasteiger partial charge in [-0.2, -0.15) is 0 Å². The van der Waals surface area contributed by atoms with Gasteiger partial charge in [-0.3, -0.25) is 4.90 Å². The minimum absolute atomic E-state index is 0.417. The third kappa shape index (κ3) is 2.94. The Balaban J connectivity index is 1.89. The van der Waals surface area contributed by atoms with Crippen molar-refractivity contribution >= 4 is 34.8 Å². The van der Waals surface area contributed by atoms with Crippen LogP contribution in [0, 0.1) is 0 Å². The van der Waals surface area contributed by atoms with Gasteiger partial charge in [-0.05, 0) is 39.3 Å². The van der Waals surface area contributed by atoms with E-state index in [4.69, 9.17) is 23.2 Å². The van der Waals surface area contributed by atoms with Gasteiger partial charge in [-0.1, -0.05) is 23.2 Å². The van der Waals surface area contributed by atoms with Crippen LogP contribution in [0.5, 0.6) is 0 Å². The lowest BCUT2D eigenvalue weighted by Gasteiger charge is -2.43. The van der Waals surface area contributed by atoms with Gasteiger partial charge in [0.05, 0.1) is 10.0 Å². The molecule has 0 radical (unpaired) electrons. The maximum atomic E-state index is 6.41. The lowest BCUT2D eigenvalue weighted by molar-refractivity contribution is 0.202. The largest absolute Gasteiger partial charge is 0.369 e. The Morgan fingerprint density at radius 2 is 2.14 bits per heavy atom. The van der Waals surface area contributed by atoms with E-state index in [2.05, 4.69) is 27.0 Å². The van der Waals surface area contributed by atoms with E-state index in [-0.39, 0.29) is 0 Å². The van der Waals surface area contributed by atoms with E-state index in [9.17, 15) is 0 Å². The van der Waals surface area contributed by atoms with Crippen molar-refractivity contribution in [3.05, 3.63) is 16.1 Å². The summed E-state index contributed by atoms with van der Waals surface area (Å²) in [5, 5.41) is 4.42. The molecule has 0 saturated carbocycles. The van der Waals surface area contributed by atoms with Crippen molar-refractivity contribution in [2.45, 2.75) is 38.8 Å². The Morgan fingerprint density at radius 1 is 1.33 bits per heavy atom. The van der Waals surface area contributed by atoms with Gasteiger partial charge >= 0.3 is 0 Å². The predicted molar refractivity (Wildman–Crippen MR) is 89.8 cm³/mol. The molecule has 1 aromatic heterocycles. The molecular weight excluding hydrogens is 307 g/mol. The second-order valence-electron chi connectivity index (χ2n) is 5.95. The zero-order chi connectivity index (χ0) is 15.0. The summed E-state index contributed by atoms with van der Waals surface area (Å²) in [6, 6.07) is 2.86. The first-order valence-corrected chi connectivity index (χ1v) is 8.46. The summed E-state index contributed by atoms with van der Waals surface area (Å²) in [5.41, 5.74) is 0. The molecular formula is C15H22Cl2N4. The van der Waals surface area contributed by atoms with E-state index in [1.807, 2.05) is 6.92 Å².